The summed E-state index contributed by atoms with van der Waals surface area (Å²) in [6, 6.07) is 35.0. The van der Waals surface area contributed by atoms with Crippen LogP contribution in [0.5, 0.6) is 0 Å². The van der Waals surface area contributed by atoms with Crippen molar-refractivity contribution in [2.45, 2.75) is 13.3 Å². The van der Waals surface area contributed by atoms with Crippen molar-refractivity contribution in [1.29, 1.82) is 0 Å². The predicted molar refractivity (Wildman–Crippen MR) is 116 cm³/mol. The van der Waals surface area contributed by atoms with E-state index in [0.29, 0.717) is 0 Å². The van der Waals surface area contributed by atoms with Crippen molar-refractivity contribution in [3.8, 4) is 16.8 Å². The number of fused-ring (bicyclic) bond motifs is 3. The molecule has 0 aliphatic carbocycles. The molecular weight excluding hydrogens is 326 g/mol. The molecule has 0 aliphatic rings. The minimum atomic E-state index is 1.04. The maximum atomic E-state index is 2.39. The van der Waals surface area contributed by atoms with Gasteiger partial charge in [-0.1, -0.05) is 73.7 Å². The molecule has 0 saturated carbocycles. The van der Waals surface area contributed by atoms with E-state index >= 15 is 0 Å². The van der Waals surface area contributed by atoms with Gasteiger partial charge in [-0.25, -0.2) is 0 Å². The second-order valence-corrected chi connectivity index (χ2v) is 6.97. The molecule has 0 spiro atoms. The summed E-state index contributed by atoms with van der Waals surface area (Å²) in [5.41, 5.74) is 7.62. The number of rotatable bonds is 3. The second kappa shape index (κ2) is 6.44. The van der Waals surface area contributed by atoms with E-state index in [-0.39, 0.29) is 0 Å². The number of aryl methyl sites for hydroxylation is 1. The Morgan fingerprint density at radius 2 is 1.33 bits per heavy atom. The number of hydrogen-bond acceptors (Lipinski definition) is 0. The van der Waals surface area contributed by atoms with Gasteiger partial charge in [0.15, 0.2) is 0 Å². The van der Waals surface area contributed by atoms with Crippen molar-refractivity contribution >= 4 is 21.8 Å². The molecule has 0 unspecified atom stereocenters. The SMILES string of the molecule is CCc1ccc2c3cc(-c4ccccc4)ccc3n(-c3ccccc3)c2c1. The first-order valence-electron chi connectivity index (χ1n) is 9.53. The molecule has 1 heterocycles. The highest BCUT2D eigenvalue weighted by molar-refractivity contribution is 6.10. The first-order chi connectivity index (χ1) is 13.3. The fourth-order valence-electron chi connectivity index (χ4n) is 3.95. The van der Waals surface area contributed by atoms with Crippen molar-refractivity contribution in [3.05, 3.63) is 103 Å². The standard InChI is InChI=1S/C26H21N/c1-2-19-13-15-23-24-18-21(20-9-5-3-6-10-20)14-16-25(24)27(26(23)17-19)22-11-7-4-8-12-22/h3-18H,2H2,1H3. The van der Waals surface area contributed by atoms with Crippen LogP contribution in [-0.2, 0) is 6.42 Å². The van der Waals surface area contributed by atoms with E-state index in [4.69, 9.17) is 0 Å². The highest BCUT2D eigenvalue weighted by atomic mass is 15.0. The molecule has 1 heteroatoms. The Morgan fingerprint density at radius 1 is 0.593 bits per heavy atom. The fourth-order valence-corrected chi connectivity index (χ4v) is 3.95. The fraction of sp³-hybridized carbons (Fsp3) is 0.0769. The summed E-state index contributed by atoms with van der Waals surface area (Å²) >= 11 is 0. The molecule has 5 aromatic rings. The van der Waals surface area contributed by atoms with Crippen LogP contribution in [0.4, 0.5) is 0 Å². The summed E-state index contributed by atoms with van der Waals surface area (Å²) in [6.07, 6.45) is 1.04. The highest BCUT2D eigenvalue weighted by Gasteiger charge is 2.13. The van der Waals surface area contributed by atoms with Crippen LogP contribution in [0.25, 0.3) is 38.6 Å². The van der Waals surface area contributed by atoms with Gasteiger partial charge < -0.3 is 4.57 Å². The molecule has 0 saturated heterocycles. The first kappa shape index (κ1) is 15.9. The molecular formula is C26H21N. The summed E-state index contributed by atoms with van der Waals surface area (Å²) in [6.45, 7) is 2.21. The van der Waals surface area contributed by atoms with Gasteiger partial charge in [0.1, 0.15) is 0 Å². The molecule has 27 heavy (non-hydrogen) atoms. The van der Waals surface area contributed by atoms with Crippen molar-refractivity contribution in [3.63, 3.8) is 0 Å². The first-order valence-corrected chi connectivity index (χ1v) is 9.53. The summed E-state index contributed by atoms with van der Waals surface area (Å²) in [4.78, 5) is 0. The molecule has 0 bridgehead atoms. The van der Waals surface area contributed by atoms with Crippen molar-refractivity contribution in [2.75, 3.05) is 0 Å². The Labute approximate surface area is 159 Å². The topological polar surface area (TPSA) is 4.93 Å². The molecule has 130 valence electrons. The van der Waals surface area contributed by atoms with Crippen LogP contribution in [0.1, 0.15) is 12.5 Å². The third-order valence-corrected chi connectivity index (χ3v) is 5.36. The Kier molecular flexibility index (Phi) is 3.79. The van der Waals surface area contributed by atoms with E-state index in [1.165, 1.54) is 44.2 Å². The zero-order chi connectivity index (χ0) is 18.2. The lowest BCUT2D eigenvalue weighted by molar-refractivity contribution is 1.13. The van der Waals surface area contributed by atoms with Gasteiger partial charge in [0.05, 0.1) is 11.0 Å². The van der Waals surface area contributed by atoms with Gasteiger partial charge in [0, 0.05) is 16.5 Å². The molecule has 0 aliphatic heterocycles. The third-order valence-electron chi connectivity index (χ3n) is 5.36. The number of nitrogens with zero attached hydrogens (tertiary/aromatic N) is 1. The quantitative estimate of drug-likeness (QED) is 0.331. The summed E-state index contributed by atoms with van der Waals surface area (Å²) in [5.74, 6) is 0. The van der Waals surface area contributed by atoms with E-state index in [0.717, 1.165) is 6.42 Å². The summed E-state index contributed by atoms with van der Waals surface area (Å²) < 4.78 is 2.39. The van der Waals surface area contributed by atoms with Gasteiger partial charge in [0.2, 0.25) is 0 Å². The predicted octanol–water partition coefficient (Wildman–Crippen LogP) is 7.01. The molecule has 4 aromatic carbocycles. The molecule has 1 aromatic heterocycles. The lowest BCUT2D eigenvalue weighted by atomic mass is 10.0. The largest absolute Gasteiger partial charge is 0.309 e. The van der Waals surface area contributed by atoms with E-state index in [1.807, 2.05) is 0 Å². The van der Waals surface area contributed by atoms with E-state index in [1.54, 1.807) is 0 Å². The van der Waals surface area contributed by atoms with E-state index in [9.17, 15) is 0 Å². The minimum absolute atomic E-state index is 1.04. The Bertz CT molecular complexity index is 1230. The number of para-hydroxylation sites is 1. The van der Waals surface area contributed by atoms with Crippen LogP contribution in [0.2, 0.25) is 0 Å². The van der Waals surface area contributed by atoms with Gasteiger partial charge in [-0.05, 0) is 53.4 Å². The number of benzene rings is 4. The van der Waals surface area contributed by atoms with Gasteiger partial charge in [0.25, 0.3) is 0 Å². The Balaban J connectivity index is 1.86. The van der Waals surface area contributed by atoms with Crippen molar-refractivity contribution in [1.82, 2.24) is 4.57 Å². The normalized spacial score (nSPS) is 11.3. The molecule has 0 radical (unpaired) electrons. The number of aromatic nitrogens is 1. The monoisotopic (exact) mass is 347 g/mol. The van der Waals surface area contributed by atoms with Crippen LogP contribution in [0.3, 0.4) is 0 Å². The van der Waals surface area contributed by atoms with E-state index in [2.05, 4.69) is 109 Å². The molecule has 1 nitrogen and oxygen atoms in total. The highest BCUT2D eigenvalue weighted by Crippen LogP contribution is 2.35. The summed E-state index contributed by atoms with van der Waals surface area (Å²) in [7, 11) is 0. The third kappa shape index (κ3) is 2.63. The zero-order valence-corrected chi connectivity index (χ0v) is 15.4. The summed E-state index contributed by atoms with van der Waals surface area (Å²) in [5, 5.41) is 2.61. The van der Waals surface area contributed by atoms with Gasteiger partial charge >= 0.3 is 0 Å². The van der Waals surface area contributed by atoms with Gasteiger partial charge in [-0.3, -0.25) is 0 Å². The Morgan fingerprint density at radius 3 is 2.07 bits per heavy atom. The molecule has 0 fully saturated rings. The molecule has 0 atom stereocenters. The number of hydrogen-bond donors (Lipinski definition) is 0. The van der Waals surface area contributed by atoms with Crippen molar-refractivity contribution in [2.24, 2.45) is 0 Å². The van der Waals surface area contributed by atoms with Gasteiger partial charge in [-0.2, -0.15) is 0 Å². The smallest absolute Gasteiger partial charge is 0.0543 e. The maximum absolute atomic E-state index is 2.39. The van der Waals surface area contributed by atoms with Crippen LogP contribution < -0.4 is 0 Å². The van der Waals surface area contributed by atoms with Crippen LogP contribution in [0, 0.1) is 0 Å². The lowest BCUT2D eigenvalue weighted by Crippen LogP contribution is -1.93. The van der Waals surface area contributed by atoms with Crippen LogP contribution >= 0.6 is 0 Å². The van der Waals surface area contributed by atoms with Crippen LogP contribution in [-0.4, -0.2) is 4.57 Å². The zero-order valence-electron chi connectivity index (χ0n) is 15.4. The lowest BCUT2D eigenvalue weighted by Gasteiger charge is -2.08. The molecule has 0 N–H and O–H groups in total. The van der Waals surface area contributed by atoms with Crippen LogP contribution in [0.15, 0.2) is 97.1 Å². The maximum Gasteiger partial charge on any atom is 0.0543 e. The Hall–Kier alpha value is -3.32. The second-order valence-electron chi connectivity index (χ2n) is 6.97. The molecule has 5 rings (SSSR count). The van der Waals surface area contributed by atoms with Crippen molar-refractivity contribution < 1.29 is 0 Å². The average Bonchev–Trinajstić information content (AvgIpc) is 3.07. The molecule has 0 amide bonds. The van der Waals surface area contributed by atoms with E-state index < -0.39 is 0 Å². The average molecular weight is 347 g/mol. The minimum Gasteiger partial charge on any atom is -0.309 e. The van der Waals surface area contributed by atoms with Gasteiger partial charge in [-0.15, -0.1) is 0 Å².